The molecule has 0 atom stereocenters. The monoisotopic (exact) mass is 513 g/mol. The van der Waals surface area contributed by atoms with E-state index in [2.05, 4.69) is 45.3 Å². The van der Waals surface area contributed by atoms with E-state index in [9.17, 15) is 0 Å². The van der Waals surface area contributed by atoms with Crippen LogP contribution in [0.5, 0.6) is 0 Å². The molecule has 3 heterocycles. The second-order valence-electron chi connectivity index (χ2n) is 8.26. The standard InChI is InChI=1S/3C10H9N3/c1-8-11-7-12-10(13-8)9-5-3-2-4-6-9;1-8-12-10(7-11-13-8)9-5-3-2-4-6-9;1-8-7-11-13-10(12-8)9-5-3-2-4-6-9/h3*2-7H,1H3. The molecular weight excluding hydrogens is 486 g/mol. The number of benzene rings is 3. The van der Waals surface area contributed by atoms with Crippen LogP contribution < -0.4 is 0 Å². The largest absolute Gasteiger partial charge is 0.230 e. The minimum absolute atomic E-state index is 0.681. The van der Waals surface area contributed by atoms with E-state index < -0.39 is 0 Å². The molecule has 0 fully saturated rings. The number of rotatable bonds is 3. The van der Waals surface area contributed by atoms with E-state index >= 15 is 0 Å². The molecule has 39 heavy (non-hydrogen) atoms. The Morgan fingerprint density at radius 3 is 1.59 bits per heavy atom. The van der Waals surface area contributed by atoms with E-state index in [1.54, 1.807) is 12.4 Å². The van der Waals surface area contributed by atoms with Crippen LogP contribution in [-0.2, 0) is 0 Å². The van der Waals surface area contributed by atoms with Gasteiger partial charge >= 0.3 is 0 Å². The summed E-state index contributed by atoms with van der Waals surface area (Å²) < 4.78 is 0. The molecule has 0 saturated heterocycles. The SMILES string of the molecule is Cc1cnnc(-c2ccccc2)n1.Cc1ncnc(-c2ccccc2)n1.Cc1nncc(-c2ccccc2)n1. The van der Waals surface area contributed by atoms with Gasteiger partial charge in [0, 0.05) is 16.7 Å². The van der Waals surface area contributed by atoms with Gasteiger partial charge in [0.2, 0.25) is 0 Å². The molecule has 0 spiro atoms. The molecule has 0 unspecified atom stereocenters. The quantitative estimate of drug-likeness (QED) is 0.301. The van der Waals surface area contributed by atoms with Crippen LogP contribution in [-0.4, -0.2) is 45.3 Å². The van der Waals surface area contributed by atoms with E-state index in [-0.39, 0.29) is 0 Å². The van der Waals surface area contributed by atoms with Gasteiger partial charge in [-0.1, -0.05) is 91.0 Å². The summed E-state index contributed by atoms with van der Waals surface area (Å²) in [5.74, 6) is 2.85. The third-order valence-electron chi connectivity index (χ3n) is 5.17. The van der Waals surface area contributed by atoms with Crippen LogP contribution in [0.4, 0.5) is 0 Å². The van der Waals surface area contributed by atoms with Crippen molar-refractivity contribution in [1.82, 2.24) is 45.3 Å². The third-order valence-corrected chi connectivity index (χ3v) is 5.17. The van der Waals surface area contributed by atoms with Gasteiger partial charge in [-0.25, -0.2) is 24.9 Å². The fourth-order valence-electron chi connectivity index (χ4n) is 3.34. The molecule has 0 saturated carbocycles. The van der Waals surface area contributed by atoms with Crippen LogP contribution in [0.3, 0.4) is 0 Å². The van der Waals surface area contributed by atoms with Gasteiger partial charge in [-0.2, -0.15) is 10.2 Å². The third kappa shape index (κ3) is 8.36. The van der Waals surface area contributed by atoms with Gasteiger partial charge in [0.25, 0.3) is 0 Å². The maximum Gasteiger partial charge on any atom is 0.181 e. The first kappa shape index (κ1) is 26.7. The maximum atomic E-state index is 4.27. The highest BCUT2D eigenvalue weighted by Crippen LogP contribution is 2.14. The molecule has 9 nitrogen and oxygen atoms in total. The molecule has 0 bridgehead atoms. The first-order valence-electron chi connectivity index (χ1n) is 12.2. The number of hydrogen-bond donors (Lipinski definition) is 0. The van der Waals surface area contributed by atoms with Gasteiger partial charge in [0.1, 0.15) is 18.0 Å². The fraction of sp³-hybridized carbons (Fsp3) is 0.100. The summed E-state index contributed by atoms with van der Waals surface area (Å²) in [6.07, 6.45) is 4.85. The lowest BCUT2D eigenvalue weighted by molar-refractivity contribution is 0.912. The number of nitrogens with zero attached hydrogens (tertiary/aromatic N) is 9. The summed E-state index contributed by atoms with van der Waals surface area (Å²) in [6, 6.07) is 29.6. The summed E-state index contributed by atoms with van der Waals surface area (Å²) in [7, 11) is 0. The summed E-state index contributed by atoms with van der Waals surface area (Å²) in [6.45, 7) is 5.59. The van der Waals surface area contributed by atoms with Crippen molar-refractivity contribution in [2.24, 2.45) is 0 Å². The van der Waals surface area contributed by atoms with Gasteiger partial charge in [0.15, 0.2) is 11.6 Å². The second kappa shape index (κ2) is 13.8. The molecule has 192 valence electrons. The van der Waals surface area contributed by atoms with Crippen molar-refractivity contribution >= 4 is 0 Å². The van der Waals surface area contributed by atoms with E-state index in [0.29, 0.717) is 11.6 Å². The Hall–Kier alpha value is -5.31. The van der Waals surface area contributed by atoms with Gasteiger partial charge in [-0.15, -0.1) is 10.2 Å². The minimum atomic E-state index is 0.681. The van der Waals surface area contributed by atoms with Crippen LogP contribution in [0, 0.1) is 20.8 Å². The topological polar surface area (TPSA) is 116 Å². The van der Waals surface area contributed by atoms with Crippen molar-refractivity contribution in [3.8, 4) is 34.0 Å². The maximum absolute atomic E-state index is 4.27. The average Bonchev–Trinajstić information content (AvgIpc) is 2.99. The zero-order chi connectivity index (χ0) is 27.3. The highest BCUT2D eigenvalue weighted by Gasteiger charge is 2.01. The molecule has 0 aliphatic heterocycles. The molecular formula is C30H27N9. The lowest BCUT2D eigenvalue weighted by Gasteiger charge is -1.98. The van der Waals surface area contributed by atoms with Gasteiger partial charge < -0.3 is 0 Å². The van der Waals surface area contributed by atoms with Crippen LogP contribution in [0.15, 0.2) is 110 Å². The molecule has 0 amide bonds. The van der Waals surface area contributed by atoms with Crippen molar-refractivity contribution in [1.29, 1.82) is 0 Å². The highest BCUT2D eigenvalue weighted by molar-refractivity contribution is 5.57. The van der Waals surface area contributed by atoms with Crippen molar-refractivity contribution in [3.63, 3.8) is 0 Å². The lowest BCUT2D eigenvalue weighted by atomic mass is 10.2. The molecule has 0 aliphatic rings. The van der Waals surface area contributed by atoms with Crippen molar-refractivity contribution in [2.45, 2.75) is 20.8 Å². The Balaban J connectivity index is 0.000000136. The fourth-order valence-corrected chi connectivity index (χ4v) is 3.34. The van der Waals surface area contributed by atoms with Crippen molar-refractivity contribution < 1.29 is 0 Å². The zero-order valence-electron chi connectivity index (χ0n) is 21.9. The molecule has 3 aromatic heterocycles. The summed E-state index contributed by atoms with van der Waals surface area (Å²) in [4.78, 5) is 20.8. The Labute approximate surface area is 227 Å². The molecule has 3 aromatic carbocycles. The summed E-state index contributed by atoms with van der Waals surface area (Å²) >= 11 is 0. The molecule has 9 heteroatoms. The van der Waals surface area contributed by atoms with Crippen molar-refractivity contribution in [2.75, 3.05) is 0 Å². The van der Waals surface area contributed by atoms with Gasteiger partial charge in [-0.05, 0) is 20.8 Å². The van der Waals surface area contributed by atoms with Crippen LogP contribution in [0.1, 0.15) is 17.3 Å². The normalized spacial score (nSPS) is 9.92. The molecule has 6 aromatic rings. The van der Waals surface area contributed by atoms with Gasteiger partial charge in [-0.3, -0.25) is 0 Å². The predicted molar refractivity (Wildman–Crippen MR) is 150 cm³/mol. The zero-order valence-corrected chi connectivity index (χ0v) is 21.9. The molecule has 6 rings (SSSR count). The summed E-state index contributed by atoms with van der Waals surface area (Å²) in [5.41, 5.74) is 4.84. The highest BCUT2D eigenvalue weighted by atomic mass is 15.1. The van der Waals surface area contributed by atoms with Gasteiger partial charge in [0.05, 0.1) is 23.8 Å². The first-order chi connectivity index (χ1) is 19.1. The second-order valence-corrected chi connectivity index (χ2v) is 8.26. The molecule has 0 N–H and O–H groups in total. The molecule has 0 aliphatic carbocycles. The average molecular weight is 514 g/mol. The Morgan fingerprint density at radius 2 is 1.03 bits per heavy atom. The summed E-state index contributed by atoms with van der Waals surface area (Å²) in [5, 5.41) is 15.4. The van der Waals surface area contributed by atoms with E-state index in [1.165, 1.54) is 6.33 Å². The van der Waals surface area contributed by atoms with E-state index in [1.807, 2.05) is 112 Å². The smallest absolute Gasteiger partial charge is 0.181 e. The lowest BCUT2D eigenvalue weighted by Crippen LogP contribution is -1.93. The van der Waals surface area contributed by atoms with Crippen LogP contribution in [0.2, 0.25) is 0 Å². The van der Waals surface area contributed by atoms with Crippen LogP contribution >= 0.6 is 0 Å². The number of aryl methyl sites for hydroxylation is 3. The molecule has 0 radical (unpaired) electrons. The Morgan fingerprint density at radius 1 is 0.462 bits per heavy atom. The number of aromatic nitrogens is 9. The van der Waals surface area contributed by atoms with Crippen molar-refractivity contribution in [3.05, 3.63) is 127 Å². The number of hydrogen-bond acceptors (Lipinski definition) is 9. The predicted octanol–water partition coefficient (Wildman–Crippen LogP) is 5.54. The van der Waals surface area contributed by atoms with E-state index in [4.69, 9.17) is 0 Å². The van der Waals surface area contributed by atoms with Crippen LogP contribution in [0.25, 0.3) is 34.0 Å². The van der Waals surface area contributed by atoms with E-state index in [0.717, 1.165) is 39.7 Å². The Kier molecular flexibility index (Phi) is 9.50. The Bertz CT molecular complexity index is 1390. The minimum Gasteiger partial charge on any atom is -0.230 e. The first-order valence-corrected chi connectivity index (χ1v) is 12.2.